The number of carbonyl (C=O) groups is 1. The first-order valence-electron chi connectivity index (χ1n) is 14.3. The highest BCUT2D eigenvalue weighted by Gasteiger charge is 2.31. The third-order valence-corrected chi connectivity index (χ3v) is 9.71. The SMILES string of the molecule is CC(C)(C#N)c1ccc(N(Cc2ccc(-c3cc4c(NC5CCS(=O)(=O)CC5)cccc4n3CC(F)(F)F)cc2)C(=O)O)cn1. The highest BCUT2D eigenvalue weighted by molar-refractivity contribution is 7.91. The number of hydrogen-bond donors (Lipinski definition) is 2. The number of nitrogens with one attached hydrogen (secondary N) is 1. The van der Waals surface area contributed by atoms with Crippen LogP contribution in [-0.4, -0.2) is 52.9 Å². The molecule has 0 spiro atoms. The van der Waals surface area contributed by atoms with E-state index in [1.54, 1.807) is 74.5 Å². The zero-order valence-electron chi connectivity index (χ0n) is 24.7. The van der Waals surface area contributed by atoms with Crippen molar-refractivity contribution in [3.05, 3.63) is 78.1 Å². The van der Waals surface area contributed by atoms with Gasteiger partial charge in [0.2, 0.25) is 0 Å². The van der Waals surface area contributed by atoms with E-state index in [2.05, 4.69) is 16.4 Å². The summed E-state index contributed by atoms with van der Waals surface area (Å²) in [5.74, 6) is 0.127. The molecule has 1 saturated heterocycles. The van der Waals surface area contributed by atoms with Crippen LogP contribution in [0.25, 0.3) is 22.2 Å². The van der Waals surface area contributed by atoms with E-state index in [1.165, 1.54) is 10.8 Å². The number of halogens is 3. The summed E-state index contributed by atoms with van der Waals surface area (Å²) in [6, 6.07) is 18.7. The van der Waals surface area contributed by atoms with Gasteiger partial charge in [-0.25, -0.2) is 13.2 Å². The fourth-order valence-electron chi connectivity index (χ4n) is 5.46. The van der Waals surface area contributed by atoms with Crippen molar-refractivity contribution in [2.45, 2.75) is 57.4 Å². The molecule has 0 saturated carbocycles. The van der Waals surface area contributed by atoms with Gasteiger partial charge in [-0.15, -0.1) is 0 Å². The highest BCUT2D eigenvalue weighted by Crippen LogP contribution is 2.36. The van der Waals surface area contributed by atoms with Crippen molar-refractivity contribution in [1.29, 1.82) is 5.26 Å². The Kier molecular flexibility index (Phi) is 8.55. The minimum atomic E-state index is -4.49. The number of pyridine rings is 1. The lowest BCUT2D eigenvalue weighted by Gasteiger charge is -2.24. The van der Waals surface area contributed by atoms with Crippen LogP contribution in [0.5, 0.6) is 0 Å². The van der Waals surface area contributed by atoms with Crippen molar-refractivity contribution in [3.8, 4) is 17.3 Å². The van der Waals surface area contributed by atoms with Crippen LogP contribution < -0.4 is 10.2 Å². The van der Waals surface area contributed by atoms with Gasteiger partial charge in [-0.05, 0) is 68.1 Å². The van der Waals surface area contributed by atoms with Crippen LogP contribution in [0.2, 0.25) is 0 Å². The number of fused-ring (bicyclic) bond motifs is 1. The van der Waals surface area contributed by atoms with Gasteiger partial charge >= 0.3 is 12.3 Å². The molecule has 2 N–H and O–H groups in total. The third kappa shape index (κ3) is 7.23. The molecular formula is C32H32F3N5O4S. The maximum absolute atomic E-state index is 13.8. The summed E-state index contributed by atoms with van der Waals surface area (Å²) in [6.07, 6.45) is -3.47. The van der Waals surface area contributed by atoms with E-state index in [0.29, 0.717) is 57.6 Å². The molecule has 2 aromatic heterocycles. The molecule has 3 heterocycles. The summed E-state index contributed by atoms with van der Waals surface area (Å²) in [7, 11) is -3.07. The van der Waals surface area contributed by atoms with Gasteiger partial charge in [-0.2, -0.15) is 18.4 Å². The van der Waals surface area contributed by atoms with Gasteiger partial charge in [0, 0.05) is 22.8 Å². The Hall–Kier alpha value is -4.57. The van der Waals surface area contributed by atoms with E-state index >= 15 is 0 Å². The fraction of sp³-hybridized carbons (Fsp3) is 0.344. The summed E-state index contributed by atoms with van der Waals surface area (Å²) >= 11 is 0. The Bertz CT molecular complexity index is 1850. The molecule has 0 aliphatic carbocycles. The van der Waals surface area contributed by atoms with Gasteiger partial charge in [0.15, 0.2) is 0 Å². The Morgan fingerprint density at radius 1 is 1.11 bits per heavy atom. The molecule has 0 unspecified atom stereocenters. The molecule has 2 aromatic carbocycles. The molecule has 13 heteroatoms. The first kappa shape index (κ1) is 31.8. The van der Waals surface area contributed by atoms with Crippen LogP contribution in [-0.2, 0) is 28.3 Å². The Balaban J connectivity index is 1.44. The molecule has 0 atom stereocenters. The van der Waals surface area contributed by atoms with E-state index in [-0.39, 0.29) is 24.1 Å². The number of nitriles is 1. The van der Waals surface area contributed by atoms with Gasteiger partial charge in [0.25, 0.3) is 0 Å². The van der Waals surface area contributed by atoms with Gasteiger partial charge in [0.05, 0.1) is 52.6 Å². The number of benzene rings is 2. The Morgan fingerprint density at radius 2 is 1.80 bits per heavy atom. The fourth-order valence-corrected chi connectivity index (χ4v) is 6.95. The van der Waals surface area contributed by atoms with Crippen molar-refractivity contribution in [3.63, 3.8) is 0 Å². The molecule has 5 rings (SSSR count). The quantitative estimate of drug-likeness (QED) is 0.219. The number of sulfone groups is 1. The summed E-state index contributed by atoms with van der Waals surface area (Å²) < 4.78 is 66.2. The first-order chi connectivity index (χ1) is 21.2. The van der Waals surface area contributed by atoms with Crippen molar-refractivity contribution >= 4 is 38.2 Å². The number of anilines is 2. The third-order valence-electron chi connectivity index (χ3n) is 8.00. The molecule has 1 amide bonds. The number of carboxylic acid groups (broad SMARTS) is 1. The summed E-state index contributed by atoms with van der Waals surface area (Å²) in [5.41, 5.74) is 2.44. The second-order valence-electron chi connectivity index (χ2n) is 11.7. The van der Waals surface area contributed by atoms with Crippen LogP contribution in [0, 0.1) is 11.3 Å². The monoisotopic (exact) mass is 639 g/mol. The van der Waals surface area contributed by atoms with Crippen molar-refractivity contribution in [1.82, 2.24) is 9.55 Å². The molecule has 0 bridgehead atoms. The lowest BCUT2D eigenvalue weighted by molar-refractivity contribution is -0.139. The zero-order chi connectivity index (χ0) is 32.6. The minimum absolute atomic E-state index is 0.0327. The maximum Gasteiger partial charge on any atom is 0.412 e. The van der Waals surface area contributed by atoms with Crippen molar-refractivity contribution < 1.29 is 31.5 Å². The number of hydrogen-bond acceptors (Lipinski definition) is 6. The number of nitrogens with zero attached hydrogens (tertiary/aromatic N) is 4. The van der Waals surface area contributed by atoms with E-state index in [4.69, 9.17) is 0 Å². The average Bonchev–Trinajstić information content (AvgIpc) is 3.35. The molecule has 9 nitrogen and oxygen atoms in total. The van der Waals surface area contributed by atoms with E-state index < -0.39 is 34.1 Å². The molecule has 45 heavy (non-hydrogen) atoms. The lowest BCUT2D eigenvalue weighted by Crippen LogP contribution is -2.32. The molecule has 0 radical (unpaired) electrons. The number of rotatable bonds is 8. The summed E-state index contributed by atoms with van der Waals surface area (Å²) in [5, 5.41) is 23.2. The van der Waals surface area contributed by atoms with Crippen LogP contribution in [0.1, 0.15) is 37.9 Å². The second kappa shape index (κ2) is 12.1. The van der Waals surface area contributed by atoms with Crippen LogP contribution in [0.15, 0.2) is 66.9 Å². The predicted molar refractivity (Wildman–Crippen MR) is 166 cm³/mol. The van der Waals surface area contributed by atoms with Gasteiger partial charge in [-0.3, -0.25) is 9.88 Å². The normalized spacial score (nSPS) is 15.5. The maximum atomic E-state index is 13.8. The second-order valence-corrected chi connectivity index (χ2v) is 14.0. The Labute approximate surface area is 258 Å². The van der Waals surface area contributed by atoms with Crippen molar-refractivity contribution in [2.24, 2.45) is 0 Å². The van der Waals surface area contributed by atoms with Gasteiger partial charge < -0.3 is 15.0 Å². The summed E-state index contributed by atoms with van der Waals surface area (Å²) in [6.45, 7) is 2.18. The number of alkyl halides is 3. The predicted octanol–water partition coefficient (Wildman–Crippen LogP) is 6.74. The Morgan fingerprint density at radius 3 is 2.38 bits per heavy atom. The van der Waals surface area contributed by atoms with E-state index in [1.807, 2.05) is 0 Å². The molecule has 236 valence electrons. The molecule has 4 aromatic rings. The smallest absolute Gasteiger partial charge is 0.412 e. The standard InChI is InChI=1S/C32H32F3N5O4S/c1-31(2,19-36)29-11-10-24(17-37-29)39(30(41)42)18-21-6-8-22(9-7-21)28-16-25-26(38-23-12-14-45(43,44)15-13-23)4-3-5-27(25)40(28)20-32(33,34)35/h3-11,16-17,23,38H,12-15,18,20H2,1-2H3,(H,41,42). The molecule has 1 fully saturated rings. The van der Waals surface area contributed by atoms with E-state index in [9.17, 15) is 36.8 Å². The highest BCUT2D eigenvalue weighted by atomic mass is 32.2. The van der Waals surface area contributed by atoms with Gasteiger partial charge in [-0.1, -0.05) is 30.3 Å². The molecule has 1 aliphatic rings. The van der Waals surface area contributed by atoms with Gasteiger partial charge in [0.1, 0.15) is 16.4 Å². The van der Waals surface area contributed by atoms with Crippen LogP contribution in [0.3, 0.4) is 0 Å². The number of amides is 1. The zero-order valence-corrected chi connectivity index (χ0v) is 25.5. The largest absolute Gasteiger partial charge is 0.465 e. The molecular weight excluding hydrogens is 607 g/mol. The minimum Gasteiger partial charge on any atom is -0.465 e. The lowest BCUT2D eigenvalue weighted by atomic mass is 9.91. The van der Waals surface area contributed by atoms with Crippen LogP contribution >= 0.6 is 0 Å². The first-order valence-corrected chi connectivity index (χ1v) is 16.1. The van der Waals surface area contributed by atoms with Crippen LogP contribution in [0.4, 0.5) is 29.3 Å². The van der Waals surface area contributed by atoms with E-state index in [0.717, 1.165) is 4.90 Å². The summed E-state index contributed by atoms with van der Waals surface area (Å²) in [4.78, 5) is 17.5. The number of aromatic nitrogens is 2. The average molecular weight is 640 g/mol. The molecule has 1 aliphatic heterocycles. The topological polar surface area (TPSA) is 128 Å². The van der Waals surface area contributed by atoms with Crippen molar-refractivity contribution in [2.75, 3.05) is 21.7 Å².